The first kappa shape index (κ1) is 14.2. The fourth-order valence-electron chi connectivity index (χ4n) is 2.08. The van der Waals surface area contributed by atoms with Crippen molar-refractivity contribution in [2.24, 2.45) is 0 Å². The zero-order chi connectivity index (χ0) is 14.5. The van der Waals surface area contributed by atoms with Gasteiger partial charge < -0.3 is 10.4 Å². The topological polar surface area (TPSA) is 49.3 Å². The lowest BCUT2D eigenvalue weighted by molar-refractivity contribution is 0.0695. The Balaban J connectivity index is 2.10. The summed E-state index contributed by atoms with van der Waals surface area (Å²) in [5, 5.41) is 12.3. The van der Waals surface area contributed by atoms with Gasteiger partial charge >= 0.3 is 5.97 Å². The maximum atomic E-state index is 13.6. The van der Waals surface area contributed by atoms with Gasteiger partial charge in [-0.05, 0) is 24.6 Å². The lowest BCUT2D eigenvalue weighted by atomic mass is 10.1. The van der Waals surface area contributed by atoms with E-state index in [0.717, 1.165) is 0 Å². The molecule has 0 amide bonds. The van der Waals surface area contributed by atoms with Crippen LogP contribution in [0.5, 0.6) is 0 Å². The molecule has 0 unspecified atom stereocenters. The third kappa shape index (κ3) is 3.22. The summed E-state index contributed by atoms with van der Waals surface area (Å²) < 4.78 is 13.6. The van der Waals surface area contributed by atoms with Crippen molar-refractivity contribution in [2.75, 3.05) is 0 Å². The van der Waals surface area contributed by atoms with Gasteiger partial charge in [0.1, 0.15) is 5.82 Å². The standard InChI is InChI=1S/C16H16FNO2/c1-11(13-7-4-5-9-15(13)17)18-10-12-6-2-3-8-14(12)16(19)20/h2-9,11,18H,10H2,1H3,(H,19,20)/t11-/m1/s1. The minimum Gasteiger partial charge on any atom is -0.478 e. The molecule has 2 rings (SSSR count). The molecule has 0 aliphatic heterocycles. The van der Waals surface area contributed by atoms with Crippen molar-refractivity contribution in [3.05, 3.63) is 71.0 Å². The first-order chi connectivity index (χ1) is 9.59. The third-order valence-electron chi connectivity index (χ3n) is 3.22. The molecule has 0 spiro atoms. The molecule has 20 heavy (non-hydrogen) atoms. The number of hydrogen-bond acceptors (Lipinski definition) is 2. The van der Waals surface area contributed by atoms with Crippen LogP contribution in [0.25, 0.3) is 0 Å². The second-order valence-corrected chi connectivity index (χ2v) is 4.59. The van der Waals surface area contributed by atoms with Gasteiger partial charge in [-0.3, -0.25) is 0 Å². The van der Waals surface area contributed by atoms with Crippen LogP contribution < -0.4 is 5.32 Å². The average molecular weight is 273 g/mol. The highest BCUT2D eigenvalue weighted by Gasteiger charge is 2.12. The van der Waals surface area contributed by atoms with Gasteiger partial charge in [0.05, 0.1) is 5.56 Å². The maximum absolute atomic E-state index is 13.6. The summed E-state index contributed by atoms with van der Waals surface area (Å²) in [6.07, 6.45) is 0. The van der Waals surface area contributed by atoms with E-state index in [2.05, 4.69) is 5.32 Å². The quantitative estimate of drug-likeness (QED) is 0.878. The Morgan fingerprint density at radius 3 is 2.55 bits per heavy atom. The van der Waals surface area contributed by atoms with Crippen LogP contribution in [0.1, 0.15) is 34.5 Å². The summed E-state index contributed by atoms with van der Waals surface area (Å²) in [5.74, 6) is -1.22. The van der Waals surface area contributed by atoms with Crippen molar-refractivity contribution in [1.82, 2.24) is 5.32 Å². The van der Waals surface area contributed by atoms with Crippen LogP contribution in [-0.4, -0.2) is 11.1 Å². The maximum Gasteiger partial charge on any atom is 0.336 e. The van der Waals surface area contributed by atoms with Crippen LogP contribution in [-0.2, 0) is 6.54 Å². The molecule has 0 aliphatic rings. The zero-order valence-electron chi connectivity index (χ0n) is 11.1. The van der Waals surface area contributed by atoms with E-state index in [4.69, 9.17) is 5.11 Å². The van der Waals surface area contributed by atoms with Crippen LogP contribution >= 0.6 is 0 Å². The predicted octanol–water partition coefficient (Wildman–Crippen LogP) is 3.37. The Kier molecular flexibility index (Phi) is 4.48. The lowest BCUT2D eigenvalue weighted by Crippen LogP contribution is -2.20. The number of carboxylic acids is 1. The Labute approximate surface area is 117 Å². The van der Waals surface area contributed by atoms with Crippen molar-refractivity contribution in [2.45, 2.75) is 19.5 Å². The van der Waals surface area contributed by atoms with Crippen molar-refractivity contribution in [3.8, 4) is 0 Å². The van der Waals surface area contributed by atoms with E-state index in [9.17, 15) is 9.18 Å². The van der Waals surface area contributed by atoms with Gasteiger partial charge in [-0.1, -0.05) is 36.4 Å². The van der Waals surface area contributed by atoms with Crippen LogP contribution in [0.3, 0.4) is 0 Å². The van der Waals surface area contributed by atoms with Crippen molar-refractivity contribution in [1.29, 1.82) is 0 Å². The van der Waals surface area contributed by atoms with E-state index in [0.29, 0.717) is 17.7 Å². The summed E-state index contributed by atoms with van der Waals surface area (Å²) in [4.78, 5) is 11.1. The Morgan fingerprint density at radius 2 is 1.85 bits per heavy atom. The smallest absolute Gasteiger partial charge is 0.336 e. The molecular formula is C16H16FNO2. The highest BCUT2D eigenvalue weighted by atomic mass is 19.1. The molecule has 0 fully saturated rings. The zero-order valence-corrected chi connectivity index (χ0v) is 11.1. The molecule has 104 valence electrons. The molecule has 0 aromatic heterocycles. The Bertz CT molecular complexity index is 613. The molecule has 0 saturated heterocycles. The van der Waals surface area contributed by atoms with Crippen molar-refractivity contribution in [3.63, 3.8) is 0 Å². The molecule has 0 heterocycles. The molecule has 0 bridgehead atoms. The fraction of sp³-hybridized carbons (Fsp3) is 0.188. The molecular weight excluding hydrogens is 257 g/mol. The van der Waals surface area contributed by atoms with Gasteiger partial charge in [0.15, 0.2) is 0 Å². The Morgan fingerprint density at radius 1 is 1.20 bits per heavy atom. The number of hydrogen-bond donors (Lipinski definition) is 2. The molecule has 0 radical (unpaired) electrons. The van der Waals surface area contributed by atoms with Crippen LogP contribution in [0.15, 0.2) is 48.5 Å². The number of halogens is 1. The van der Waals surface area contributed by atoms with Crippen molar-refractivity contribution >= 4 is 5.97 Å². The molecule has 0 saturated carbocycles. The molecule has 2 N–H and O–H groups in total. The normalized spacial score (nSPS) is 12.1. The van der Waals surface area contributed by atoms with E-state index in [1.54, 1.807) is 42.5 Å². The monoisotopic (exact) mass is 273 g/mol. The van der Waals surface area contributed by atoms with E-state index in [1.165, 1.54) is 6.07 Å². The van der Waals surface area contributed by atoms with E-state index in [-0.39, 0.29) is 17.4 Å². The average Bonchev–Trinajstić information content (AvgIpc) is 2.45. The van der Waals surface area contributed by atoms with Crippen molar-refractivity contribution < 1.29 is 14.3 Å². The molecule has 0 aliphatic carbocycles. The van der Waals surface area contributed by atoms with E-state index < -0.39 is 5.97 Å². The number of nitrogens with one attached hydrogen (secondary N) is 1. The second-order valence-electron chi connectivity index (χ2n) is 4.59. The summed E-state index contributed by atoms with van der Waals surface area (Å²) in [6, 6.07) is 13.2. The van der Waals surface area contributed by atoms with Gasteiger partial charge in [-0.25, -0.2) is 9.18 Å². The third-order valence-corrected chi connectivity index (χ3v) is 3.22. The summed E-state index contributed by atoms with van der Waals surface area (Å²) in [5.41, 5.74) is 1.52. The number of carbonyl (C=O) groups is 1. The van der Waals surface area contributed by atoms with Gasteiger partial charge in [-0.2, -0.15) is 0 Å². The highest BCUT2D eigenvalue weighted by molar-refractivity contribution is 5.89. The minimum atomic E-state index is -0.957. The SMILES string of the molecule is C[C@@H](NCc1ccccc1C(=O)O)c1ccccc1F. The van der Waals surface area contributed by atoms with Gasteiger partial charge in [0.25, 0.3) is 0 Å². The number of rotatable bonds is 5. The summed E-state index contributed by atoms with van der Waals surface area (Å²) >= 11 is 0. The first-order valence-corrected chi connectivity index (χ1v) is 6.38. The Hall–Kier alpha value is -2.20. The van der Waals surface area contributed by atoms with Crippen LogP contribution in [0, 0.1) is 5.82 Å². The predicted molar refractivity (Wildman–Crippen MR) is 75.1 cm³/mol. The first-order valence-electron chi connectivity index (χ1n) is 6.38. The van der Waals surface area contributed by atoms with Gasteiger partial charge in [0, 0.05) is 18.2 Å². The van der Waals surface area contributed by atoms with Gasteiger partial charge in [0.2, 0.25) is 0 Å². The lowest BCUT2D eigenvalue weighted by Gasteiger charge is -2.16. The number of carboxylic acid groups (broad SMARTS) is 1. The van der Waals surface area contributed by atoms with Crippen LogP contribution in [0.2, 0.25) is 0 Å². The largest absolute Gasteiger partial charge is 0.478 e. The van der Waals surface area contributed by atoms with Crippen LogP contribution in [0.4, 0.5) is 4.39 Å². The molecule has 3 nitrogen and oxygen atoms in total. The minimum absolute atomic E-state index is 0.196. The number of aromatic carboxylic acids is 1. The molecule has 1 atom stereocenters. The molecule has 2 aromatic rings. The van der Waals surface area contributed by atoms with Gasteiger partial charge in [-0.15, -0.1) is 0 Å². The second kappa shape index (κ2) is 6.30. The fourth-order valence-corrected chi connectivity index (χ4v) is 2.08. The van der Waals surface area contributed by atoms with E-state index in [1.807, 2.05) is 6.92 Å². The molecule has 4 heteroatoms. The summed E-state index contributed by atoms with van der Waals surface area (Å²) in [6.45, 7) is 2.22. The number of benzene rings is 2. The highest BCUT2D eigenvalue weighted by Crippen LogP contribution is 2.17. The van der Waals surface area contributed by atoms with E-state index >= 15 is 0 Å². The molecule has 2 aromatic carbocycles. The summed E-state index contributed by atoms with van der Waals surface area (Å²) in [7, 11) is 0.